The summed E-state index contributed by atoms with van der Waals surface area (Å²) in [5, 5.41) is 8.61. The maximum atomic E-state index is 5.70. The Morgan fingerprint density at radius 3 is 2.77 bits per heavy atom. The molecule has 0 aromatic carbocycles. The fourth-order valence-electron chi connectivity index (χ4n) is 2.89. The van der Waals surface area contributed by atoms with Crippen LogP contribution < -0.4 is 4.74 Å². The molecule has 2 aromatic rings. The molecule has 0 unspecified atom stereocenters. The zero-order chi connectivity index (χ0) is 14.8. The summed E-state index contributed by atoms with van der Waals surface area (Å²) in [5.41, 5.74) is 0. The molecule has 0 radical (unpaired) electrons. The molecule has 1 aliphatic heterocycles. The van der Waals surface area contributed by atoms with Gasteiger partial charge in [0.1, 0.15) is 18.8 Å². The molecule has 2 aromatic heterocycles. The van der Waals surface area contributed by atoms with E-state index in [1.54, 1.807) is 12.4 Å². The highest BCUT2D eigenvalue weighted by Gasteiger charge is 2.26. The quantitative estimate of drug-likeness (QED) is 0.818. The van der Waals surface area contributed by atoms with Crippen LogP contribution in [-0.2, 0) is 19.6 Å². The summed E-state index contributed by atoms with van der Waals surface area (Å²) in [6, 6.07) is 0. The summed E-state index contributed by atoms with van der Waals surface area (Å²) in [5.74, 6) is 3.54. The highest BCUT2D eigenvalue weighted by molar-refractivity contribution is 5.10. The van der Waals surface area contributed by atoms with E-state index in [2.05, 4.69) is 29.6 Å². The molecule has 0 amide bonds. The Morgan fingerprint density at radius 1 is 1.09 bits per heavy atom. The van der Waals surface area contributed by atoms with Crippen molar-refractivity contribution in [1.29, 1.82) is 0 Å². The van der Waals surface area contributed by atoms with Gasteiger partial charge in [-0.05, 0) is 18.8 Å². The Morgan fingerprint density at radius 2 is 1.95 bits per heavy atom. The van der Waals surface area contributed by atoms with Crippen LogP contribution >= 0.6 is 0 Å². The van der Waals surface area contributed by atoms with E-state index in [0.29, 0.717) is 12.4 Å². The zero-order valence-corrected chi connectivity index (χ0v) is 12.6. The van der Waals surface area contributed by atoms with Crippen molar-refractivity contribution in [3.05, 3.63) is 30.4 Å². The van der Waals surface area contributed by atoms with Gasteiger partial charge in [0.2, 0.25) is 0 Å². The third-order valence-electron chi connectivity index (χ3n) is 4.31. The smallest absolute Gasteiger partial charge is 0.171 e. The first kappa shape index (κ1) is 13.6. The fourth-order valence-corrected chi connectivity index (χ4v) is 2.89. The van der Waals surface area contributed by atoms with Crippen LogP contribution in [-0.4, -0.2) is 49.3 Å². The van der Waals surface area contributed by atoms with Gasteiger partial charge in [0, 0.05) is 32.6 Å². The van der Waals surface area contributed by atoms with Gasteiger partial charge in [-0.2, -0.15) is 0 Å². The van der Waals surface area contributed by atoms with Crippen molar-refractivity contribution < 1.29 is 4.74 Å². The molecule has 1 fully saturated rings. The molecule has 1 aliphatic carbocycles. The van der Waals surface area contributed by atoms with Gasteiger partial charge in [-0.15, -0.1) is 10.2 Å². The van der Waals surface area contributed by atoms with Crippen LogP contribution in [0, 0.1) is 5.92 Å². The van der Waals surface area contributed by atoms with E-state index < -0.39 is 0 Å². The number of hydrogen-bond donors (Lipinski definition) is 0. The lowest BCUT2D eigenvalue weighted by Crippen LogP contribution is -2.29. The lowest BCUT2D eigenvalue weighted by atomic mass is 10.3. The molecule has 2 aliphatic rings. The minimum atomic E-state index is 0.406. The number of rotatable bonds is 5. The van der Waals surface area contributed by atoms with E-state index in [0.717, 1.165) is 43.6 Å². The van der Waals surface area contributed by atoms with Gasteiger partial charge in [-0.3, -0.25) is 0 Å². The molecule has 0 bridgehead atoms. The number of aromatic nitrogens is 5. The molecule has 0 atom stereocenters. The Kier molecular flexibility index (Phi) is 3.72. The van der Waals surface area contributed by atoms with Crippen LogP contribution in [0.2, 0.25) is 0 Å². The van der Waals surface area contributed by atoms with Gasteiger partial charge in [-0.1, -0.05) is 0 Å². The molecule has 116 valence electrons. The highest BCUT2D eigenvalue weighted by Crippen LogP contribution is 2.30. The Labute approximate surface area is 129 Å². The predicted octanol–water partition coefficient (Wildman–Crippen LogP) is 0.915. The molecule has 0 saturated heterocycles. The molecule has 4 rings (SSSR count). The van der Waals surface area contributed by atoms with Crippen LogP contribution in [0.1, 0.15) is 24.5 Å². The molecular weight excluding hydrogens is 280 g/mol. The van der Waals surface area contributed by atoms with Crippen molar-refractivity contribution in [1.82, 2.24) is 29.6 Å². The maximum absolute atomic E-state index is 5.70. The molecule has 3 heterocycles. The topological polar surface area (TPSA) is 69.0 Å². The molecular formula is C15H20N6O. The number of ether oxygens (including phenoxy) is 1. The lowest BCUT2D eigenvalue weighted by Gasteiger charge is -2.18. The molecule has 0 spiro atoms. The second-order valence-corrected chi connectivity index (χ2v) is 6.04. The third kappa shape index (κ3) is 3.09. The van der Waals surface area contributed by atoms with Crippen LogP contribution in [0.15, 0.2) is 18.7 Å². The van der Waals surface area contributed by atoms with Crippen LogP contribution in [0.4, 0.5) is 0 Å². The lowest BCUT2D eigenvalue weighted by molar-refractivity contribution is 0.259. The zero-order valence-electron chi connectivity index (χ0n) is 12.6. The van der Waals surface area contributed by atoms with Crippen molar-refractivity contribution in [3.8, 4) is 5.75 Å². The standard InChI is InChI=1S/C15H20N6O/c1-2-12(1)9-20-4-3-14-18-19-15(21(14)6-5-20)10-22-13-7-16-11-17-8-13/h7-8,11-12H,1-6,9-10H2. The molecule has 22 heavy (non-hydrogen) atoms. The van der Waals surface area contributed by atoms with Crippen molar-refractivity contribution in [2.24, 2.45) is 5.92 Å². The Hall–Kier alpha value is -2.02. The summed E-state index contributed by atoms with van der Waals surface area (Å²) in [4.78, 5) is 10.4. The van der Waals surface area contributed by atoms with Gasteiger partial charge >= 0.3 is 0 Å². The number of hydrogen-bond acceptors (Lipinski definition) is 6. The van der Waals surface area contributed by atoms with Gasteiger partial charge in [0.15, 0.2) is 11.6 Å². The largest absolute Gasteiger partial charge is 0.482 e. The first-order valence-electron chi connectivity index (χ1n) is 7.89. The highest BCUT2D eigenvalue weighted by atomic mass is 16.5. The van der Waals surface area contributed by atoms with E-state index in [1.807, 2.05) is 0 Å². The Balaban J connectivity index is 1.40. The third-order valence-corrected chi connectivity index (χ3v) is 4.31. The normalized spacial score (nSPS) is 18.7. The van der Waals surface area contributed by atoms with Crippen LogP contribution in [0.25, 0.3) is 0 Å². The first-order valence-corrected chi connectivity index (χ1v) is 7.89. The monoisotopic (exact) mass is 300 g/mol. The summed E-state index contributed by atoms with van der Waals surface area (Å²) in [6.07, 6.45) is 8.58. The average Bonchev–Trinajstić information content (AvgIpc) is 3.32. The van der Waals surface area contributed by atoms with Crippen molar-refractivity contribution >= 4 is 0 Å². The minimum absolute atomic E-state index is 0.406. The van der Waals surface area contributed by atoms with Gasteiger partial charge in [-0.25, -0.2) is 9.97 Å². The van der Waals surface area contributed by atoms with E-state index in [9.17, 15) is 0 Å². The summed E-state index contributed by atoms with van der Waals surface area (Å²) in [7, 11) is 0. The second kappa shape index (κ2) is 6.00. The van der Waals surface area contributed by atoms with E-state index >= 15 is 0 Å². The predicted molar refractivity (Wildman–Crippen MR) is 79.3 cm³/mol. The van der Waals surface area contributed by atoms with Gasteiger partial charge in [0.25, 0.3) is 0 Å². The van der Waals surface area contributed by atoms with Crippen molar-refractivity contribution in [3.63, 3.8) is 0 Å². The van der Waals surface area contributed by atoms with Crippen molar-refractivity contribution in [2.45, 2.75) is 32.4 Å². The summed E-state index contributed by atoms with van der Waals surface area (Å²) >= 11 is 0. The summed E-state index contributed by atoms with van der Waals surface area (Å²) < 4.78 is 7.90. The van der Waals surface area contributed by atoms with Gasteiger partial charge in [0.05, 0.1) is 12.4 Å². The number of fused-ring (bicyclic) bond motifs is 1. The average molecular weight is 300 g/mol. The van der Waals surface area contributed by atoms with Crippen LogP contribution in [0.5, 0.6) is 5.75 Å². The fraction of sp³-hybridized carbons (Fsp3) is 0.600. The molecule has 7 heteroatoms. The van der Waals surface area contributed by atoms with E-state index in [-0.39, 0.29) is 0 Å². The molecule has 1 saturated carbocycles. The molecule has 7 nitrogen and oxygen atoms in total. The molecule has 0 N–H and O–H groups in total. The van der Waals surface area contributed by atoms with Crippen LogP contribution in [0.3, 0.4) is 0 Å². The first-order chi connectivity index (χ1) is 10.9. The maximum Gasteiger partial charge on any atom is 0.171 e. The van der Waals surface area contributed by atoms with E-state index in [4.69, 9.17) is 4.74 Å². The van der Waals surface area contributed by atoms with E-state index in [1.165, 1.54) is 25.7 Å². The van der Waals surface area contributed by atoms with Gasteiger partial charge < -0.3 is 14.2 Å². The van der Waals surface area contributed by atoms with Crippen molar-refractivity contribution in [2.75, 3.05) is 19.6 Å². The minimum Gasteiger partial charge on any atom is -0.482 e. The Bertz CT molecular complexity index is 624. The summed E-state index contributed by atoms with van der Waals surface area (Å²) in [6.45, 7) is 4.75. The SMILES string of the molecule is c1ncc(OCc2nnc3n2CCN(CC2CC2)CC3)cn1. The number of nitrogens with zero attached hydrogens (tertiary/aromatic N) is 6. The second-order valence-electron chi connectivity index (χ2n) is 6.04.